The number of amides is 1. The normalized spacial score (nSPS) is 11.0. The van der Waals surface area contributed by atoms with E-state index < -0.39 is 11.9 Å². The number of hydrogen-bond donors (Lipinski definition) is 2. The quantitative estimate of drug-likeness (QED) is 0.568. The van der Waals surface area contributed by atoms with Gasteiger partial charge in [0.2, 0.25) is 0 Å². The fourth-order valence-corrected chi connectivity index (χ4v) is 1.06. The number of esters is 1. The van der Waals surface area contributed by atoms with E-state index in [2.05, 4.69) is 10.1 Å². The molecule has 17 heavy (non-hydrogen) atoms. The molecule has 1 heterocycles. The summed E-state index contributed by atoms with van der Waals surface area (Å²) in [6.07, 6.45) is 2.44. The molecule has 6 heteroatoms. The zero-order valence-corrected chi connectivity index (χ0v) is 9.43. The van der Waals surface area contributed by atoms with Crippen molar-refractivity contribution in [2.24, 2.45) is 5.73 Å². The van der Waals surface area contributed by atoms with Crippen LogP contribution in [0, 0.1) is 0 Å². The average Bonchev–Trinajstić information content (AvgIpc) is 2.78. The topological polar surface area (TPSA) is 94.6 Å². The molecule has 0 radical (unpaired) electrons. The molecule has 6 nitrogen and oxygen atoms in total. The highest BCUT2D eigenvalue weighted by molar-refractivity contribution is 5.98. The van der Waals surface area contributed by atoms with E-state index in [9.17, 15) is 9.59 Å². The zero-order chi connectivity index (χ0) is 12.7. The summed E-state index contributed by atoms with van der Waals surface area (Å²) < 4.78 is 9.64. The molecular formula is C11H14N2O4. The molecule has 3 N–H and O–H groups in total. The number of hydrogen-bond acceptors (Lipinski definition) is 5. The van der Waals surface area contributed by atoms with E-state index in [0.717, 1.165) is 6.08 Å². The van der Waals surface area contributed by atoms with Crippen molar-refractivity contribution in [3.63, 3.8) is 0 Å². The molecule has 0 fully saturated rings. The second kappa shape index (κ2) is 6.37. The third kappa shape index (κ3) is 4.42. The minimum absolute atomic E-state index is 0.199. The van der Waals surface area contributed by atoms with E-state index in [4.69, 9.17) is 10.2 Å². The highest BCUT2D eigenvalue weighted by Crippen LogP contribution is 1.99. The SMILES string of the molecule is CCOC(=O)/C=C(\N)C(=O)NCc1ccco1. The molecule has 0 aliphatic heterocycles. The highest BCUT2D eigenvalue weighted by Gasteiger charge is 2.08. The Morgan fingerprint density at radius 2 is 2.35 bits per heavy atom. The van der Waals surface area contributed by atoms with Gasteiger partial charge in [-0.05, 0) is 19.1 Å². The molecule has 0 aliphatic carbocycles. The Morgan fingerprint density at radius 1 is 1.59 bits per heavy atom. The Balaban J connectivity index is 2.44. The smallest absolute Gasteiger partial charge is 0.333 e. The van der Waals surface area contributed by atoms with Crippen molar-refractivity contribution in [1.82, 2.24) is 5.32 Å². The Labute approximate surface area is 98.4 Å². The van der Waals surface area contributed by atoms with Crippen molar-refractivity contribution in [2.75, 3.05) is 6.61 Å². The lowest BCUT2D eigenvalue weighted by Gasteiger charge is -2.03. The van der Waals surface area contributed by atoms with Crippen LogP contribution in [0.15, 0.2) is 34.6 Å². The Hall–Kier alpha value is -2.24. The van der Waals surface area contributed by atoms with Crippen molar-refractivity contribution in [3.8, 4) is 0 Å². The number of nitrogens with two attached hydrogens (primary N) is 1. The second-order valence-corrected chi connectivity index (χ2v) is 3.11. The van der Waals surface area contributed by atoms with Gasteiger partial charge in [0.05, 0.1) is 25.5 Å². The minimum atomic E-state index is -0.641. The molecule has 1 rings (SSSR count). The zero-order valence-electron chi connectivity index (χ0n) is 9.43. The summed E-state index contributed by atoms with van der Waals surface area (Å²) in [6.45, 7) is 2.11. The molecule has 0 saturated carbocycles. The summed E-state index contributed by atoms with van der Waals surface area (Å²) in [6, 6.07) is 3.42. The largest absolute Gasteiger partial charge is 0.467 e. The van der Waals surface area contributed by atoms with Crippen LogP contribution >= 0.6 is 0 Å². The fraction of sp³-hybridized carbons (Fsp3) is 0.273. The number of rotatable bonds is 5. The molecule has 0 aromatic carbocycles. The third-order valence-corrected chi connectivity index (χ3v) is 1.83. The number of ether oxygens (including phenoxy) is 1. The van der Waals surface area contributed by atoms with Gasteiger partial charge >= 0.3 is 5.97 Å². The van der Waals surface area contributed by atoms with Gasteiger partial charge in [0, 0.05) is 0 Å². The van der Waals surface area contributed by atoms with Crippen LogP contribution in [0.3, 0.4) is 0 Å². The predicted molar refractivity (Wildman–Crippen MR) is 59.5 cm³/mol. The fourth-order valence-electron chi connectivity index (χ4n) is 1.06. The summed E-state index contributed by atoms with van der Waals surface area (Å²) in [5, 5.41) is 2.50. The lowest BCUT2D eigenvalue weighted by molar-refractivity contribution is -0.137. The van der Waals surface area contributed by atoms with E-state index >= 15 is 0 Å². The third-order valence-electron chi connectivity index (χ3n) is 1.83. The monoisotopic (exact) mass is 238 g/mol. The van der Waals surface area contributed by atoms with Crippen LogP contribution < -0.4 is 11.1 Å². The molecule has 0 saturated heterocycles. The molecular weight excluding hydrogens is 224 g/mol. The molecule has 92 valence electrons. The summed E-state index contributed by atoms with van der Waals surface area (Å²) in [4.78, 5) is 22.4. The van der Waals surface area contributed by atoms with Crippen molar-refractivity contribution in [1.29, 1.82) is 0 Å². The molecule has 0 unspecified atom stereocenters. The van der Waals surface area contributed by atoms with E-state index in [-0.39, 0.29) is 18.8 Å². The van der Waals surface area contributed by atoms with Crippen LogP contribution in [0.5, 0.6) is 0 Å². The van der Waals surface area contributed by atoms with Gasteiger partial charge < -0.3 is 20.2 Å². The van der Waals surface area contributed by atoms with Gasteiger partial charge in [0.15, 0.2) is 0 Å². The van der Waals surface area contributed by atoms with Crippen LogP contribution in [0.2, 0.25) is 0 Å². The van der Waals surface area contributed by atoms with E-state index in [0.29, 0.717) is 5.76 Å². The maximum atomic E-state index is 11.4. The first-order chi connectivity index (χ1) is 8.13. The number of nitrogens with one attached hydrogen (secondary N) is 1. The number of carbonyl (C=O) groups excluding carboxylic acids is 2. The van der Waals surface area contributed by atoms with Crippen molar-refractivity contribution >= 4 is 11.9 Å². The van der Waals surface area contributed by atoms with Crippen LogP contribution in [0.1, 0.15) is 12.7 Å². The first-order valence-corrected chi connectivity index (χ1v) is 5.08. The van der Waals surface area contributed by atoms with E-state index in [1.54, 1.807) is 19.1 Å². The molecule has 1 aromatic heterocycles. The Bertz CT molecular complexity index is 409. The molecule has 0 bridgehead atoms. The van der Waals surface area contributed by atoms with E-state index in [1.807, 2.05) is 0 Å². The summed E-state index contributed by atoms with van der Waals surface area (Å²) in [7, 11) is 0. The van der Waals surface area contributed by atoms with Gasteiger partial charge in [-0.2, -0.15) is 0 Å². The van der Waals surface area contributed by atoms with Gasteiger partial charge in [-0.3, -0.25) is 4.79 Å². The summed E-state index contributed by atoms with van der Waals surface area (Å²) in [5.41, 5.74) is 5.21. The maximum Gasteiger partial charge on any atom is 0.333 e. The van der Waals surface area contributed by atoms with Crippen LogP contribution in [-0.2, 0) is 20.9 Å². The molecule has 1 aromatic rings. The highest BCUT2D eigenvalue weighted by atomic mass is 16.5. The lowest BCUT2D eigenvalue weighted by Crippen LogP contribution is -2.28. The maximum absolute atomic E-state index is 11.4. The number of carbonyl (C=O) groups is 2. The van der Waals surface area contributed by atoms with Crippen molar-refractivity contribution < 1.29 is 18.7 Å². The van der Waals surface area contributed by atoms with Gasteiger partial charge in [0.25, 0.3) is 5.91 Å². The van der Waals surface area contributed by atoms with E-state index in [1.165, 1.54) is 6.26 Å². The summed E-state index contributed by atoms with van der Waals surface area (Å²) >= 11 is 0. The van der Waals surface area contributed by atoms with Crippen molar-refractivity contribution in [3.05, 3.63) is 35.9 Å². The molecule has 0 aliphatic rings. The first kappa shape index (κ1) is 12.8. The molecule has 1 amide bonds. The molecule has 0 atom stereocenters. The Morgan fingerprint density at radius 3 is 2.94 bits per heavy atom. The second-order valence-electron chi connectivity index (χ2n) is 3.11. The van der Waals surface area contributed by atoms with Gasteiger partial charge in [-0.15, -0.1) is 0 Å². The van der Waals surface area contributed by atoms with Crippen LogP contribution in [-0.4, -0.2) is 18.5 Å². The molecule has 0 spiro atoms. The van der Waals surface area contributed by atoms with Gasteiger partial charge in [-0.25, -0.2) is 4.79 Å². The van der Waals surface area contributed by atoms with Gasteiger partial charge in [0.1, 0.15) is 11.5 Å². The van der Waals surface area contributed by atoms with Crippen molar-refractivity contribution in [2.45, 2.75) is 13.5 Å². The van der Waals surface area contributed by atoms with Crippen LogP contribution in [0.25, 0.3) is 0 Å². The Kier molecular flexibility index (Phi) is 4.80. The first-order valence-electron chi connectivity index (χ1n) is 5.08. The lowest BCUT2D eigenvalue weighted by atomic mass is 10.3. The average molecular weight is 238 g/mol. The van der Waals surface area contributed by atoms with Crippen LogP contribution in [0.4, 0.5) is 0 Å². The summed E-state index contributed by atoms with van der Waals surface area (Å²) in [5.74, 6) is -0.588. The standard InChI is InChI=1S/C11H14N2O4/c1-2-16-10(14)6-9(12)11(15)13-7-8-4-3-5-17-8/h3-6H,2,7,12H2,1H3,(H,13,15)/b9-6-. The van der Waals surface area contributed by atoms with Gasteiger partial charge in [-0.1, -0.05) is 0 Å². The predicted octanol–water partition coefficient (Wildman–Crippen LogP) is 0.302. The number of furan rings is 1. The minimum Gasteiger partial charge on any atom is -0.467 e.